The number of hydrogen-bond acceptors (Lipinski definition) is 7. The molecule has 2 fully saturated rings. The molecule has 4 aromatic rings. The van der Waals surface area contributed by atoms with Crippen molar-refractivity contribution in [1.82, 2.24) is 19.7 Å². The number of pyridine rings is 2. The molecule has 184 valence electrons. The van der Waals surface area contributed by atoms with Crippen molar-refractivity contribution in [2.75, 3.05) is 30.0 Å². The second-order valence-electron chi connectivity index (χ2n) is 9.77. The summed E-state index contributed by atoms with van der Waals surface area (Å²) in [5.74, 6) is 1.35. The summed E-state index contributed by atoms with van der Waals surface area (Å²) in [5.41, 5.74) is 2.29. The molecule has 1 aromatic carbocycles. The summed E-state index contributed by atoms with van der Waals surface area (Å²) >= 11 is 0. The van der Waals surface area contributed by atoms with Crippen LogP contribution in [0.3, 0.4) is 0 Å². The van der Waals surface area contributed by atoms with E-state index in [1.165, 1.54) is 0 Å². The van der Waals surface area contributed by atoms with Gasteiger partial charge in [0.05, 0.1) is 48.3 Å². The zero-order valence-electron chi connectivity index (χ0n) is 20.3. The van der Waals surface area contributed by atoms with Crippen LogP contribution in [0.1, 0.15) is 38.6 Å². The van der Waals surface area contributed by atoms with Crippen LogP contribution in [0.25, 0.3) is 21.8 Å². The third-order valence-corrected chi connectivity index (χ3v) is 7.44. The topological polar surface area (TPSA) is 112 Å². The summed E-state index contributed by atoms with van der Waals surface area (Å²) in [4.78, 5) is 22.8. The Hall–Kier alpha value is -3.90. The Balaban J connectivity index is 1.34. The number of nitrogens with zero attached hydrogens (tertiary/aromatic N) is 5. The lowest BCUT2D eigenvalue weighted by Gasteiger charge is -2.34. The molecule has 1 saturated heterocycles. The fourth-order valence-corrected chi connectivity index (χ4v) is 5.55. The predicted octanol–water partition coefficient (Wildman–Crippen LogP) is 4.50. The summed E-state index contributed by atoms with van der Waals surface area (Å²) in [6.07, 6.45) is 5.49. The lowest BCUT2D eigenvalue weighted by molar-refractivity contribution is 0.0986. The molecule has 4 heterocycles. The molecule has 36 heavy (non-hydrogen) atoms. The van der Waals surface area contributed by atoms with Gasteiger partial charge in [-0.25, -0.2) is 4.98 Å². The molecule has 9 nitrogen and oxygen atoms in total. The molecule has 1 aliphatic carbocycles. The van der Waals surface area contributed by atoms with Crippen molar-refractivity contribution < 1.29 is 4.74 Å². The fourth-order valence-electron chi connectivity index (χ4n) is 5.55. The SMILES string of the molecule is CC1COCCN1c1ccc2cc(Nc3nn(C4CCCCC4C#N)c4cc[nH]c(=O)c34)ccc2n1. The molecule has 3 unspecified atom stereocenters. The van der Waals surface area contributed by atoms with E-state index in [0.29, 0.717) is 24.4 Å². The Morgan fingerprint density at radius 3 is 2.94 bits per heavy atom. The van der Waals surface area contributed by atoms with Gasteiger partial charge in [0.15, 0.2) is 5.82 Å². The third kappa shape index (κ3) is 3.97. The van der Waals surface area contributed by atoms with Crippen molar-refractivity contribution in [2.24, 2.45) is 5.92 Å². The Bertz CT molecular complexity index is 1520. The van der Waals surface area contributed by atoms with Gasteiger partial charge < -0.3 is 19.9 Å². The first-order chi connectivity index (χ1) is 17.6. The van der Waals surface area contributed by atoms with E-state index >= 15 is 0 Å². The zero-order valence-corrected chi connectivity index (χ0v) is 20.3. The van der Waals surface area contributed by atoms with Crippen LogP contribution in [0.2, 0.25) is 0 Å². The largest absolute Gasteiger partial charge is 0.377 e. The van der Waals surface area contributed by atoms with Gasteiger partial charge in [-0.15, -0.1) is 0 Å². The van der Waals surface area contributed by atoms with Crippen LogP contribution in [0.4, 0.5) is 17.3 Å². The van der Waals surface area contributed by atoms with Crippen molar-refractivity contribution in [3.05, 3.63) is 52.9 Å². The van der Waals surface area contributed by atoms with Crippen LogP contribution in [0, 0.1) is 17.2 Å². The van der Waals surface area contributed by atoms with Gasteiger partial charge in [0.2, 0.25) is 0 Å². The van der Waals surface area contributed by atoms with E-state index in [4.69, 9.17) is 14.8 Å². The minimum atomic E-state index is -0.197. The summed E-state index contributed by atoms with van der Waals surface area (Å²) in [5, 5.41) is 19.4. The fraction of sp³-hybridized carbons (Fsp3) is 0.407. The van der Waals surface area contributed by atoms with Gasteiger partial charge in [0.1, 0.15) is 11.2 Å². The number of hydrogen-bond donors (Lipinski definition) is 2. The monoisotopic (exact) mass is 483 g/mol. The average Bonchev–Trinajstić information content (AvgIpc) is 3.28. The van der Waals surface area contributed by atoms with Crippen LogP contribution in [0.5, 0.6) is 0 Å². The van der Waals surface area contributed by atoms with E-state index in [1.54, 1.807) is 6.20 Å². The molecule has 0 spiro atoms. The van der Waals surface area contributed by atoms with E-state index in [1.807, 2.05) is 35.0 Å². The standard InChI is InChI=1S/C27H29N7O2/c1-17-16-36-13-12-33(17)24-9-6-18-14-20(7-8-21(18)31-24)30-26-25-23(10-11-29-27(25)35)34(32-26)22-5-3-2-4-19(22)15-28/h6-11,14,17,19,22H,2-5,12-13,16H2,1H3,(H,29,35)(H,30,32). The number of nitrogens with one attached hydrogen (secondary N) is 2. The smallest absolute Gasteiger partial charge is 0.261 e. The Kier molecular flexibility index (Phi) is 5.82. The molecular weight excluding hydrogens is 454 g/mol. The van der Waals surface area contributed by atoms with Crippen molar-refractivity contribution in [2.45, 2.75) is 44.7 Å². The number of morpholine rings is 1. The highest BCUT2D eigenvalue weighted by Crippen LogP contribution is 2.36. The number of rotatable bonds is 4. The van der Waals surface area contributed by atoms with Crippen LogP contribution in [0.15, 0.2) is 47.4 Å². The molecule has 3 atom stereocenters. The first-order valence-corrected chi connectivity index (χ1v) is 12.6. The minimum Gasteiger partial charge on any atom is -0.377 e. The van der Waals surface area contributed by atoms with Crippen molar-refractivity contribution in [1.29, 1.82) is 5.26 Å². The van der Waals surface area contributed by atoms with Crippen molar-refractivity contribution in [3.8, 4) is 6.07 Å². The van der Waals surface area contributed by atoms with E-state index in [-0.39, 0.29) is 23.6 Å². The lowest BCUT2D eigenvalue weighted by Crippen LogP contribution is -2.44. The number of aromatic nitrogens is 4. The highest BCUT2D eigenvalue weighted by atomic mass is 16.5. The van der Waals surface area contributed by atoms with Gasteiger partial charge in [-0.1, -0.05) is 12.8 Å². The van der Waals surface area contributed by atoms with Crippen LogP contribution in [-0.2, 0) is 4.74 Å². The molecule has 2 N–H and O–H groups in total. The van der Waals surface area contributed by atoms with E-state index < -0.39 is 0 Å². The first-order valence-electron chi connectivity index (χ1n) is 12.6. The summed E-state index contributed by atoms with van der Waals surface area (Å²) in [7, 11) is 0. The molecule has 1 aliphatic heterocycles. The Morgan fingerprint density at radius 2 is 2.08 bits per heavy atom. The average molecular weight is 484 g/mol. The molecule has 9 heteroatoms. The third-order valence-electron chi connectivity index (χ3n) is 7.44. The van der Waals surface area contributed by atoms with Gasteiger partial charge >= 0.3 is 0 Å². The molecule has 0 radical (unpaired) electrons. The second-order valence-corrected chi connectivity index (χ2v) is 9.77. The highest BCUT2D eigenvalue weighted by Gasteiger charge is 2.30. The number of aromatic amines is 1. The first kappa shape index (κ1) is 22.6. The molecular formula is C27H29N7O2. The molecule has 1 saturated carbocycles. The van der Waals surface area contributed by atoms with Crippen LogP contribution < -0.4 is 15.8 Å². The van der Waals surface area contributed by atoms with Crippen molar-refractivity contribution in [3.63, 3.8) is 0 Å². The number of anilines is 3. The molecule has 0 amide bonds. The maximum Gasteiger partial charge on any atom is 0.261 e. The van der Waals surface area contributed by atoms with Crippen LogP contribution >= 0.6 is 0 Å². The zero-order chi connectivity index (χ0) is 24.6. The highest BCUT2D eigenvalue weighted by molar-refractivity contribution is 5.92. The molecule has 0 bridgehead atoms. The van der Waals surface area contributed by atoms with Gasteiger partial charge in [-0.3, -0.25) is 9.48 Å². The predicted molar refractivity (Wildman–Crippen MR) is 140 cm³/mol. The van der Waals surface area contributed by atoms with Crippen LogP contribution in [-0.4, -0.2) is 45.5 Å². The number of fused-ring (bicyclic) bond motifs is 2. The van der Waals surface area contributed by atoms with Gasteiger partial charge in [0, 0.05) is 23.8 Å². The molecule has 6 rings (SSSR count). The Labute approximate surface area is 208 Å². The lowest BCUT2D eigenvalue weighted by atomic mass is 9.85. The summed E-state index contributed by atoms with van der Waals surface area (Å²) in [6.45, 7) is 4.40. The maximum absolute atomic E-state index is 12.8. The van der Waals surface area contributed by atoms with E-state index in [9.17, 15) is 10.1 Å². The number of H-pyrrole nitrogens is 1. The number of nitriles is 1. The van der Waals surface area contributed by atoms with Gasteiger partial charge in [-0.2, -0.15) is 10.4 Å². The molecule has 2 aliphatic rings. The number of ether oxygens (including phenoxy) is 1. The second kappa shape index (κ2) is 9.28. The normalized spacial score (nSPS) is 22.6. The molecule has 3 aromatic heterocycles. The quantitative estimate of drug-likeness (QED) is 0.440. The summed E-state index contributed by atoms with van der Waals surface area (Å²) in [6, 6.07) is 14.7. The van der Waals surface area contributed by atoms with Crippen molar-refractivity contribution >= 4 is 39.1 Å². The van der Waals surface area contributed by atoms with Gasteiger partial charge in [0.25, 0.3) is 5.56 Å². The summed E-state index contributed by atoms with van der Waals surface area (Å²) < 4.78 is 7.45. The van der Waals surface area contributed by atoms with Gasteiger partial charge in [-0.05, 0) is 56.2 Å². The van der Waals surface area contributed by atoms with E-state index in [0.717, 1.165) is 60.2 Å². The van der Waals surface area contributed by atoms with E-state index in [2.05, 4.69) is 34.3 Å². The number of benzene rings is 1. The minimum absolute atomic E-state index is 0.0367. The maximum atomic E-state index is 12.8. The Morgan fingerprint density at radius 1 is 1.19 bits per heavy atom.